The first-order chi connectivity index (χ1) is 16.1. The third-order valence-corrected chi connectivity index (χ3v) is 5.73. The molecule has 1 aliphatic rings. The number of hydrogen-bond donors (Lipinski definition) is 0. The van der Waals surface area contributed by atoms with Gasteiger partial charge in [-0.25, -0.2) is 0 Å². The third kappa shape index (κ3) is 6.29. The molecular formula is C25H25ClN4O3. The zero-order valence-corrected chi connectivity index (χ0v) is 18.9. The van der Waals surface area contributed by atoms with Gasteiger partial charge in [-0.2, -0.15) is 0 Å². The molecule has 0 radical (unpaired) electrons. The lowest BCUT2D eigenvalue weighted by molar-refractivity contribution is -0.132. The summed E-state index contributed by atoms with van der Waals surface area (Å²) in [5.41, 5.74) is 2.32. The van der Waals surface area contributed by atoms with Crippen LogP contribution in [0.3, 0.4) is 0 Å². The molecule has 2 heterocycles. The van der Waals surface area contributed by atoms with Gasteiger partial charge in [-0.3, -0.25) is 19.6 Å². The Bertz CT molecular complexity index is 1100. The molecule has 33 heavy (non-hydrogen) atoms. The van der Waals surface area contributed by atoms with Crippen LogP contribution in [0.25, 0.3) is 0 Å². The quantitative estimate of drug-likeness (QED) is 0.536. The maximum atomic E-state index is 13.0. The van der Waals surface area contributed by atoms with Crippen LogP contribution in [0.2, 0.25) is 5.02 Å². The molecule has 2 amide bonds. The van der Waals surface area contributed by atoms with Gasteiger partial charge in [0.15, 0.2) is 0 Å². The molecular weight excluding hydrogens is 440 g/mol. The molecule has 7 nitrogen and oxygen atoms in total. The number of hydrogen-bond acceptors (Lipinski definition) is 5. The fourth-order valence-electron chi connectivity index (χ4n) is 3.73. The zero-order chi connectivity index (χ0) is 23.0. The lowest BCUT2D eigenvalue weighted by Crippen LogP contribution is -2.51. The lowest BCUT2D eigenvalue weighted by Gasteiger charge is -2.34. The van der Waals surface area contributed by atoms with Crippen molar-refractivity contribution >= 4 is 23.4 Å². The van der Waals surface area contributed by atoms with Gasteiger partial charge in [0.25, 0.3) is 5.91 Å². The van der Waals surface area contributed by atoms with Gasteiger partial charge in [-0.05, 0) is 35.9 Å². The molecule has 0 spiro atoms. The van der Waals surface area contributed by atoms with E-state index < -0.39 is 0 Å². The number of amides is 2. The topological polar surface area (TPSA) is 75.6 Å². The summed E-state index contributed by atoms with van der Waals surface area (Å²) in [6.07, 6.45) is 5.70. The minimum Gasteiger partial charge on any atom is -0.493 e. The highest BCUT2D eigenvalue weighted by Crippen LogP contribution is 2.17. The maximum Gasteiger partial charge on any atom is 0.254 e. The lowest BCUT2D eigenvalue weighted by atomic mass is 10.1. The Kier molecular flexibility index (Phi) is 7.52. The van der Waals surface area contributed by atoms with E-state index in [-0.39, 0.29) is 18.2 Å². The van der Waals surface area contributed by atoms with E-state index in [1.165, 1.54) is 0 Å². The van der Waals surface area contributed by atoms with E-state index in [1.54, 1.807) is 40.5 Å². The number of aromatic nitrogens is 2. The second kappa shape index (κ2) is 10.9. The first-order valence-corrected chi connectivity index (χ1v) is 11.3. The second-order valence-corrected chi connectivity index (χ2v) is 8.24. The van der Waals surface area contributed by atoms with E-state index in [0.717, 1.165) is 12.0 Å². The number of benzene rings is 2. The fraction of sp³-hybridized carbons (Fsp3) is 0.280. The van der Waals surface area contributed by atoms with Gasteiger partial charge in [0.2, 0.25) is 5.91 Å². The van der Waals surface area contributed by atoms with Crippen LogP contribution in [0, 0.1) is 0 Å². The maximum absolute atomic E-state index is 13.0. The fourth-order valence-corrected chi connectivity index (χ4v) is 3.94. The van der Waals surface area contributed by atoms with E-state index in [2.05, 4.69) is 9.97 Å². The summed E-state index contributed by atoms with van der Waals surface area (Å²) in [5.74, 6) is 0.592. The summed E-state index contributed by atoms with van der Waals surface area (Å²) in [7, 11) is 0. The SMILES string of the molecule is O=C(Cc1cnccn1)N1CCN(C(=O)c2cccc(OCCc3cccc(Cl)c3)c2)CC1. The minimum atomic E-state index is -0.0590. The number of rotatable bonds is 7. The number of halogens is 1. The van der Waals surface area contributed by atoms with Gasteiger partial charge in [0, 0.05) is 61.8 Å². The van der Waals surface area contributed by atoms with Crippen molar-refractivity contribution in [1.29, 1.82) is 0 Å². The number of carbonyl (C=O) groups is 2. The van der Waals surface area contributed by atoms with Crippen LogP contribution in [0.1, 0.15) is 21.6 Å². The molecule has 8 heteroatoms. The van der Waals surface area contributed by atoms with Crippen LogP contribution < -0.4 is 4.74 Å². The van der Waals surface area contributed by atoms with Crippen molar-refractivity contribution < 1.29 is 14.3 Å². The van der Waals surface area contributed by atoms with Crippen LogP contribution in [-0.2, 0) is 17.6 Å². The molecule has 1 saturated heterocycles. The Hall–Kier alpha value is -3.45. The van der Waals surface area contributed by atoms with E-state index >= 15 is 0 Å². The molecule has 0 N–H and O–H groups in total. The van der Waals surface area contributed by atoms with Crippen LogP contribution in [0.15, 0.2) is 67.1 Å². The van der Waals surface area contributed by atoms with Gasteiger partial charge in [0.05, 0.1) is 18.7 Å². The Morgan fingerprint density at radius 3 is 2.52 bits per heavy atom. The van der Waals surface area contributed by atoms with E-state index in [9.17, 15) is 9.59 Å². The largest absolute Gasteiger partial charge is 0.493 e. The van der Waals surface area contributed by atoms with E-state index in [1.807, 2.05) is 36.4 Å². The van der Waals surface area contributed by atoms with Gasteiger partial charge in [-0.1, -0.05) is 29.8 Å². The normalized spacial score (nSPS) is 13.6. The van der Waals surface area contributed by atoms with Gasteiger partial charge < -0.3 is 14.5 Å². The first kappa shape index (κ1) is 22.7. The molecule has 0 aliphatic carbocycles. The number of carbonyl (C=O) groups excluding carboxylic acids is 2. The van der Waals surface area contributed by atoms with Crippen molar-refractivity contribution in [3.05, 3.63) is 89.0 Å². The van der Waals surface area contributed by atoms with Crippen molar-refractivity contribution in [2.75, 3.05) is 32.8 Å². The molecule has 2 aromatic carbocycles. The molecule has 170 valence electrons. The molecule has 1 aromatic heterocycles. The van der Waals surface area contributed by atoms with Crippen LogP contribution in [0.4, 0.5) is 0 Å². The summed E-state index contributed by atoms with van der Waals surface area (Å²) in [6.45, 7) is 2.47. The molecule has 1 aliphatic heterocycles. The molecule has 3 aromatic rings. The Labute approximate surface area is 198 Å². The van der Waals surface area contributed by atoms with Crippen LogP contribution in [-0.4, -0.2) is 64.4 Å². The first-order valence-electron chi connectivity index (χ1n) is 10.9. The predicted molar refractivity (Wildman–Crippen MR) is 125 cm³/mol. The van der Waals surface area contributed by atoms with E-state index in [0.29, 0.717) is 54.8 Å². The highest BCUT2D eigenvalue weighted by molar-refractivity contribution is 6.30. The summed E-state index contributed by atoms with van der Waals surface area (Å²) in [5, 5.41) is 0.704. The molecule has 4 rings (SSSR count). The summed E-state index contributed by atoms with van der Waals surface area (Å²) in [4.78, 5) is 37.2. The highest BCUT2D eigenvalue weighted by atomic mass is 35.5. The molecule has 0 atom stereocenters. The van der Waals surface area contributed by atoms with E-state index in [4.69, 9.17) is 16.3 Å². The molecule has 0 unspecified atom stereocenters. The second-order valence-electron chi connectivity index (χ2n) is 7.80. The summed E-state index contributed by atoms with van der Waals surface area (Å²) >= 11 is 6.02. The van der Waals surface area contributed by atoms with Gasteiger partial charge in [-0.15, -0.1) is 0 Å². The summed E-state index contributed by atoms with van der Waals surface area (Å²) < 4.78 is 5.86. The van der Waals surface area contributed by atoms with Crippen molar-refractivity contribution in [2.45, 2.75) is 12.8 Å². The monoisotopic (exact) mass is 464 g/mol. The van der Waals surface area contributed by atoms with Crippen molar-refractivity contribution in [2.24, 2.45) is 0 Å². The molecule has 1 fully saturated rings. The summed E-state index contributed by atoms with van der Waals surface area (Å²) in [6, 6.07) is 14.9. The Morgan fingerprint density at radius 1 is 0.970 bits per heavy atom. The van der Waals surface area contributed by atoms with Crippen LogP contribution >= 0.6 is 11.6 Å². The average Bonchev–Trinajstić information content (AvgIpc) is 2.84. The van der Waals surface area contributed by atoms with Crippen molar-refractivity contribution in [1.82, 2.24) is 19.8 Å². The van der Waals surface area contributed by atoms with Gasteiger partial charge >= 0.3 is 0 Å². The highest BCUT2D eigenvalue weighted by Gasteiger charge is 2.25. The standard InChI is InChI=1S/C25H25ClN4O3/c26-21-5-1-3-19(15-21)7-14-33-23-6-2-4-20(16-23)25(32)30-12-10-29(11-13-30)24(31)17-22-18-27-8-9-28-22/h1-6,8-9,15-16,18H,7,10-14,17H2. The number of ether oxygens (including phenoxy) is 1. The number of nitrogens with zero attached hydrogens (tertiary/aromatic N) is 4. The number of piperazine rings is 1. The van der Waals surface area contributed by atoms with Crippen molar-refractivity contribution in [3.8, 4) is 5.75 Å². The third-order valence-electron chi connectivity index (χ3n) is 5.50. The van der Waals surface area contributed by atoms with Gasteiger partial charge in [0.1, 0.15) is 5.75 Å². The Morgan fingerprint density at radius 2 is 1.76 bits per heavy atom. The average molecular weight is 465 g/mol. The molecule has 0 saturated carbocycles. The van der Waals surface area contributed by atoms with Crippen LogP contribution in [0.5, 0.6) is 5.75 Å². The minimum absolute atomic E-state index is 0.00213. The predicted octanol–water partition coefficient (Wildman–Crippen LogP) is 3.28. The zero-order valence-electron chi connectivity index (χ0n) is 18.2. The Balaban J connectivity index is 1.27. The molecule has 0 bridgehead atoms. The van der Waals surface area contributed by atoms with Crippen molar-refractivity contribution in [3.63, 3.8) is 0 Å². The smallest absolute Gasteiger partial charge is 0.254 e.